The molecule has 0 radical (unpaired) electrons. The van der Waals surface area contributed by atoms with Crippen molar-refractivity contribution in [3.63, 3.8) is 0 Å². The van der Waals surface area contributed by atoms with Gasteiger partial charge >= 0.3 is 12.2 Å². The normalized spacial score (nSPS) is 19.6. The molecule has 2 atom stereocenters. The number of likely N-dealkylation sites (tertiary alicyclic amines) is 1. The van der Waals surface area contributed by atoms with Gasteiger partial charge in [0.2, 0.25) is 5.91 Å². The number of fused-ring (bicyclic) bond motifs is 1. The molecule has 0 saturated carbocycles. The number of hydrogen-bond acceptors (Lipinski definition) is 4. The summed E-state index contributed by atoms with van der Waals surface area (Å²) in [6.45, 7) is 10.4. The highest BCUT2D eigenvalue weighted by atomic mass is 19.4. The van der Waals surface area contributed by atoms with Crippen LogP contribution in [0.5, 0.6) is 0 Å². The molecule has 3 amide bonds. The van der Waals surface area contributed by atoms with E-state index in [1.54, 1.807) is 23.1 Å². The molecule has 39 heavy (non-hydrogen) atoms. The molecule has 10 heteroatoms. The van der Waals surface area contributed by atoms with E-state index in [4.69, 9.17) is 4.52 Å². The van der Waals surface area contributed by atoms with Crippen LogP contribution in [0.3, 0.4) is 0 Å². The Hall–Kier alpha value is -3.56. The second-order valence-corrected chi connectivity index (χ2v) is 11.2. The fourth-order valence-electron chi connectivity index (χ4n) is 5.27. The minimum absolute atomic E-state index is 0.193. The van der Waals surface area contributed by atoms with E-state index in [1.165, 1.54) is 6.07 Å². The number of alkyl halides is 3. The summed E-state index contributed by atoms with van der Waals surface area (Å²) in [7, 11) is 0. The van der Waals surface area contributed by atoms with E-state index in [-0.39, 0.29) is 24.4 Å². The Morgan fingerprint density at radius 3 is 2.56 bits per heavy atom. The van der Waals surface area contributed by atoms with Gasteiger partial charge < -0.3 is 20.1 Å². The molecule has 2 aliphatic rings. The van der Waals surface area contributed by atoms with Crippen LogP contribution in [0.25, 0.3) is 5.57 Å². The van der Waals surface area contributed by atoms with Crippen LogP contribution in [-0.2, 0) is 17.4 Å². The zero-order chi connectivity index (χ0) is 28.5. The number of nitrogens with zero attached hydrogens (tertiary/aromatic N) is 2. The van der Waals surface area contributed by atoms with Crippen molar-refractivity contribution in [1.82, 2.24) is 20.7 Å². The molecule has 0 spiro atoms. The van der Waals surface area contributed by atoms with Crippen LogP contribution in [0.1, 0.15) is 55.3 Å². The molecule has 1 aliphatic carbocycles. The molecule has 7 nitrogen and oxygen atoms in total. The lowest BCUT2D eigenvalue weighted by atomic mass is 9.73. The Labute approximate surface area is 226 Å². The summed E-state index contributed by atoms with van der Waals surface area (Å²) in [5, 5.41) is 9.91. The van der Waals surface area contributed by atoms with Crippen molar-refractivity contribution in [3.05, 3.63) is 70.1 Å². The molecule has 1 aromatic carbocycles. The lowest BCUT2D eigenvalue weighted by Crippen LogP contribution is -2.53. The van der Waals surface area contributed by atoms with Crippen molar-refractivity contribution >= 4 is 17.5 Å². The number of hydrogen-bond donors (Lipinski definition) is 2. The summed E-state index contributed by atoms with van der Waals surface area (Å²) in [6, 6.07) is 5.02. The van der Waals surface area contributed by atoms with Gasteiger partial charge in [-0.05, 0) is 70.7 Å². The molecule has 0 bridgehead atoms. The number of rotatable bonds is 5. The molecule has 1 fully saturated rings. The minimum Gasteiger partial charge on any atom is -0.361 e. The number of benzene rings is 1. The number of urea groups is 1. The maximum absolute atomic E-state index is 13.4. The second-order valence-electron chi connectivity index (χ2n) is 11.2. The van der Waals surface area contributed by atoms with Crippen LogP contribution < -0.4 is 10.6 Å². The molecule has 2 unspecified atom stereocenters. The van der Waals surface area contributed by atoms with E-state index < -0.39 is 23.2 Å². The molecule has 2 heterocycles. The van der Waals surface area contributed by atoms with Gasteiger partial charge in [0.05, 0.1) is 17.2 Å². The second kappa shape index (κ2) is 10.9. The molecule has 2 N–H and O–H groups in total. The monoisotopic (exact) mass is 544 g/mol. The molecule has 2 aromatic rings. The van der Waals surface area contributed by atoms with Crippen LogP contribution in [0.2, 0.25) is 0 Å². The number of halogens is 3. The largest absolute Gasteiger partial charge is 0.416 e. The standard InChI is InChI=1S/C29H35F3N4O3/c1-17-21(18(2)39-35-17)11-13-33-26(37)24-10-9-22(19-7-6-8-20(15-19)29(30,31)32)23-12-14-36(16-25(23)24)27(38)34-28(3,4)5/h6-10,15,24-25H,11-14,16H2,1-5H3,(H,33,37)(H,34,38). The van der Waals surface area contributed by atoms with Crippen molar-refractivity contribution in [2.75, 3.05) is 19.6 Å². The Kier molecular flexibility index (Phi) is 7.95. The number of allylic oxidation sites excluding steroid dienone is 2. The molecule has 4 rings (SSSR count). The van der Waals surface area contributed by atoms with Crippen LogP contribution >= 0.6 is 0 Å². The molecule has 210 valence electrons. The number of aromatic nitrogens is 1. The minimum atomic E-state index is -4.46. The fraction of sp³-hybridized carbons (Fsp3) is 0.483. The predicted octanol–water partition coefficient (Wildman–Crippen LogP) is 5.44. The average molecular weight is 545 g/mol. The Morgan fingerprint density at radius 1 is 1.18 bits per heavy atom. The average Bonchev–Trinajstić information content (AvgIpc) is 3.18. The predicted molar refractivity (Wildman–Crippen MR) is 142 cm³/mol. The first-order valence-electron chi connectivity index (χ1n) is 13.1. The van der Waals surface area contributed by atoms with Crippen LogP contribution in [0.15, 0.2) is 46.5 Å². The summed E-state index contributed by atoms with van der Waals surface area (Å²) in [4.78, 5) is 28.1. The fourth-order valence-corrected chi connectivity index (χ4v) is 5.27. The number of carbonyl (C=O) groups excluding carboxylic acids is 2. The van der Waals surface area contributed by atoms with E-state index in [9.17, 15) is 22.8 Å². The summed E-state index contributed by atoms with van der Waals surface area (Å²) in [6.07, 6.45) is 0.0648. The molecule has 1 aliphatic heterocycles. The van der Waals surface area contributed by atoms with Crippen molar-refractivity contribution in [2.45, 2.75) is 59.2 Å². The van der Waals surface area contributed by atoms with Crippen molar-refractivity contribution in [1.29, 1.82) is 0 Å². The number of carbonyl (C=O) groups is 2. The third-order valence-corrected chi connectivity index (χ3v) is 7.19. The first-order valence-corrected chi connectivity index (χ1v) is 13.1. The highest BCUT2D eigenvalue weighted by molar-refractivity contribution is 5.87. The van der Waals surface area contributed by atoms with E-state index in [1.807, 2.05) is 34.6 Å². The zero-order valence-corrected chi connectivity index (χ0v) is 22.9. The van der Waals surface area contributed by atoms with Crippen molar-refractivity contribution in [3.8, 4) is 0 Å². The van der Waals surface area contributed by atoms with Gasteiger partial charge in [0.15, 0.2) is 0 Å². The maximum Gasteiger partial charge on any atom is 0.416 e. The Balaban J connectivity index is 1.59. The number of nitrogens with one attached hydrogen (secondary N) is 2. The van der Waals surface area contributed by atoms with Crippen molar-refractivity contribution < 1.29 is 27.3 Å². The van der Waals surface area contributed by atoms with E-state index in [2.05, 4.69) is 15.8 Å². The van der Waals surface area contributed by atoms with Crippen LogP contribution in [-0.4, -0.2) is 47.2 Å². The lowest BCUT2D eigenvalue weighted by Gasteiger charge is -2.41. The van der Waals surface area contributed by atoms with Gasteiger partial charge in [-0.1, -0.05) is 35.0 Å². The van der Waals surface area contributed by atoms with Gasteiger partial charge in [-0.3, -0.25) is 4.79 Å². The SMILES string of the molecule is Cc1noc(C)c1CCNC(=O)C1C=CC(c2cccc(C(F)(F)F)c2)=C2CCN(C(=O)NC(C)(C)C)CC21. The Morgan fingerprint density at radius 2 is 1.92 bits per heavy atom. The van der Waals surface area contributed by atoms with Gasteiger partial charge in [0, 0.05) is 36.7 Å². The zero-order valence-electron chi connectivity index (χ0n) is 22.9. The lowest BCUT2D eigenvalue weighted by molar-refractivity contribution is -0.137. The highest BCUT2D eigenvalue weighted by Gasteiger charge is 2.39. The molecule has 1 saturated heterocycles. The van der Waals surface area contributed by atoms with Gasteiger partial charge in [-0.25, -0.2) is 4.79 Å². The summed E-state index contributed by atoms with van der Waals surface area (Å²) in [5.41, 5.74) is 2.60. The Bertz CT molecular complexity index is 1280. The number of aryl methyl sites for hydroxylation is 2. The van der Waals surface area contributed by atoms with E-state index in [0.717, 1.165) is 29.0 Å². The molecular weight excluding hydrogens is 509 g/mol. The van der Waals surface area contributed by atoms with Gasteiger partial charge in [-0.15, -0.1) is 0 Å². The summed E-state index contributed by atoms with van der Waals surface area (Å²) in [5.74, 6) is -0.410. The van der Waals surface area contributed by atoms with Gasteiger partial charge in [0.25, 0.3) is 0 Å². The van der Waals surface area contributed by atoms with Gasteiger partial charge in [-0.2, -0.15) is 13.2 Å². The topological polar surface area (TPSA) is 87.5 Å². The van der Waals surface area contributed by atoms with Gasteiger partial charge in [0.1, 0.15) is 5.76 Å². The first kappa shape index (κ1) is 28.4. The maximum atomic E-state index is 13.4. The van der Waals surface area contributed by atoms with Crippen molar-refractivity contribution in [2.24, 2.45) is 11.8 Å². The van der Waals surface area contributed by atoms with Crippen LogP contribution in [0, 0.1) is 25.7 Å². The first-order chi connectivity index (χ1) is 18.2. The molecular formula is C29H35F3N4O3. The molecule has 1 aromatic heterocycles. The quantitative estimate of drug-likeness (QED) is 0.525. The third kappa shape index (κ3) is 6.54. The highest BCUT2D eigenvalue weighted by Crippen LogP contribution is 2.41. The number of piperidine rings is 1. The third-order valence-electron chi connectivity index (χ3n) is 7.19. The smallest absolute Gasteiger partial charge is 0.361 e. The summed E-state index contributed by atoms with van der Waals surface area (Å²) < 4.78 is 45.5. The summed E-state index contributed by atoms with van der Waals surface area (Å²) >= 11 is 0. The van der Waals surface area contributed by atoms with Crippen LogP contribution in [0.4, 0.5) is 18.0 Å². The van der Waals surface area contributed by atoms with E-state index >= 15 is 0 Å². The number of amides is 3. The van der Waals surface area contributed by atoms with E-state index in [0.29, 0.717) is 42.8 Å².